The first-order valence-corrected chi connectivity index (χ1v) is 7.69. The largest absolute Gasteiger partial charge is 0.494 e. The van der Waals surface area contributed by atoms with E-state index in [9.17, 15) is 0 Å². The number of rotatable bonds is 6. The van der Waals surface area contributed by atoms with E-state index in [1.54, 1.807) is 0 Å². The predicted octanol–water partition coefficient (Wildman–Crippen LogP) is 4.17. The summed E-state index contributed by atoms with van der Waals surface area (Å²) in [4.78, 5) is 0. The van der Waals surface area contributed by atoms with Gasteiger partial charge in [-0.25, -0.2) is 0 Å². The van der Waals surface area contributed by atoms with E-state index >= 15 is 0 Å². The zero-order valence-corrected chi connectivity index (χ0v) is 12.5. The highest BCUT2D eigenvalue weighted by molar-refractivity contribution is 5.36. The smallest absolute Gasteiger partial charge is 0.124 e. The highest BCUT2D eigenvalue weighted by Gasteiger charge is 2.31. The second kappa shape index (κ2) is 6.95. The van der Waals surface area contributed by atoms with Crippen molar-refractivity contribution in [1.29, 1.82) is 0 Å². The number of para-hydroxylation sites is 1. The van der Waals surface area contributed by atoms with Gasteiger partial charge in [-0.05, 0) is 44.7 Å². The van der Waals surface area contributed by atoms with E-state index in [4.69, 9.17) is 4.74 Å². The summed E-state index contributed by atoms with van der Waals surface area (Å²) in [6.45, 7) is 5.10. The van der Waals surface area contributed by atoms with Crippen LogP contribution in [0.15, 0.2) is 24.3 Å². The Morgan fingerprint density at radius 2 is 2.05 bits per heavy atom. The molecule has 0 saturated heterocycles. The highest BCUT2D eigenvalue weighted by Crippen LogP contribution is 2.42. The van der Waals surface area contributed by atoms with Crippen LogP contribution in [-0.2, 0) is 0 Å². The molecule has 0 bridgehead atoms. The van der Waals surface area contributed by atoms with Gasteiger partial charge >= 0.3 is 0 Å². The van der Waals surface area contributed by atoms with Crippen molar-refractivity contribution >= 4 is 0 Å². The van der Waals surface area contributed by atoms with Gasteiger partial charge < -0.3 is 10.1 Å². The minimum Gasteiger partial charge on any atom is -0.494 e. The van der Waals surface area contributed by atoms with E-state index in [-0.39, 0.29) is 0 Å². The molecule has 0 aromatic heterocycles. The fraction of sp³-hybridized carbons (Fsp3) is 0.647. The normalized spacial score (nSPS) is 24.4. The molecule has 1 saturated carbocycles. The van der Waals surface area contributed by atoms with Gasteiger partial charge in [-0.15, -0.1) is 0 Å². The van der Waals surface area contributed by atoms with Gasteiger partial charge in [0.2, 0.25) is 0 Å². The lowest BCUT2D eigenvalue weighted by atomic mass is 9.90. The van der Waals surface area contributed by atoms with Gasteiger partial charge in [0.05, 0.1) is 6.61 Å². The zero-order chi connectivity index (χ0) is 13.7. The molecule has 0 aliphatic heterocycles. The van der Waals surface area contributed by atoms with E-state index in [0.29, 0.717) is 6.04 Å². The fourth-order valence-electron chi connectivity index (χ4n) is 3.46. The Bertz CT molecular complexity index is 391. The molecular formula is C17H27NO. The third-order valence-corrected chi connectivity index (χ3v) is 4.50. The second-order valence-corrected chi connectivity index (χ2v) is 5.58. The zero-order valence-electron chi connectivity index (χ0n) is 12.5. The summed E-state index contributed by atoms with van der Waals surface area (Å²) in [5, 5.41) is 3.52. The van der Waals surface area contributed by atoms with Gasteiger partial charge in [0, 0.05) is 11.6 Å². The summed E-state index contributed by atoms with van der Waals surface area (Å²) in [6.07, 6.45) is 5.39. The molecular weight excluding hydrogens is 234 g/mol. The Morgan fingerprint density at radius 1 is 1.26 bits per heavy atom. The van der Waals surface area contributed by atoms with Crippen molar-refractivity contribution in [1.82, 2.24) is 5.32 Å². The summed E-state index contributed by atoms with van der Waals surface area (Å²) in [5.41, 5.74) is 1.33. The van der Waals surface area contributed by atoms with Gasteiger partial charge in [0.25, 0.3) is 0 Å². The molecule has 1 aromatic carbocycles. The van der Waals surface area contributed by atoms with Crippen molar-refractivity contribution in [2.24, 2.45) is 11.8 Å². The van der Waals surface area contributed by atoms with Crippen LogP contribution in [0, 0.1) is 11.8 Å². The third-order valence-electron chi connectivity index (χ3n) is 4.50. The van der Waals surface area contributed by atoms with Crippen molar-refractivity contribution in [3.63, 3.8) is 0 Å². The minimum absolute atomic E-state index is 0.430. The van der Waals surface area contributed by atoms with Crippen molar-refractivity contribution in [2.75, 3.05) is 13.7 Å². The molecule has 0 radical (unpaired) electrons. The lowest BCUT2D eigenvalue weighted by Gasteiger charge is -2.25. The van der Waals surface area contributed by atoms with Gasteiger partial charge in [-0.2, -0.15) is 0 Å². The molecule has 1 N–H and O–H groups in total. The van der Waals surface area contributed by atoms with E-state index in [1.165, 1.54) is 31.2 Å². The summed E-state index contributed by atoms with van der Waals surface area (Å²) in [7, 11) is 2.08. The molecule has 1 aliphatic carbocycles. The molecule has 2 heteroatoms. The SMILES string of the molecule is CCOc1ccccc1C(NC)C1CCC(CC)C1. The Morgan fingerprint density at radius 3 is 2.68 bits per heavy atom. The number of ether oxygens (including phenoxy) is 1. The van der Waals surface area contributed by atoms with Crippen LogP contribution in [-0.4, -0.2) is 13.7 Å². The Kier molecular flexibility index (Phi) is 5.26. The summed E-state index contributed by atoms with van der Waals surface area (Å²) in [6, 6.07) is 8.92. The summed E-state index contributed by atoms with van der Waals surface area (Å²) < 4.78 is 5.79. The molecule has 3 atom stereocenters. The first-order chi connectivity index (χ1) is 9.30. The quantitative estimate of drug-likeness (QED) is 0.829. The number of benzene rings is 1. The molecule has 19 heavy (non-hydrogen) atoms. The maximum Gasteiger partial charge on any atom is 0.124 e. The first-order valence-electron chi connectivity index (χ1n) is 7.69. The van der Waals surface area contributed by atoms with E-state index in [0.717, 1.165) is 24.2 Å². The van der Waals surface area contributed by atoms with Crippen molar-refractivity contribution in [3.05, 3.63) is 29.8 Å². The minimum atomic E-state index is 0.430. The molecule has 1 aromatic rings. The van der Waals surface area contributed by atoms with Crippen molar-refractivity contribution < 1.29 is 4.74 Å². The van der Waals surface area contributed by atoms with Crippen LogP contribution in [0.5, 0.6) is 5.75 Å². The Hall–Kier alpha value is -1.02. The molecule has 1 aliphatic rings. The van der Waals surface area contributed by atoms with Gasteiger partial charge in [-0.3, -0.25) is 0 Å². The maximum absolute atomic E-state index is 5.79. The van der Waals surface area contributed by atoms with Crippen LogP contribution in [0.1, 0.15) is 51.1 Å². The first kappa shape index (κ1) is 14.4. The molecule has 0 spiro atoms. The van der Waals surface area contributed by atoms with Crippen molar-refractivity contribution in [3.8, 4) is 5.75 Å². The molecule has 1 fully saturated rings. The molecule has 2 nitrogen and oxygen atoms in total. The van der Waals surface area contributed by atoms with Crippen LogP contribution >= 0.6 is 0 Å². The monoisotopic (exact) mass is 261 g/mol. The van der Waals surface area contributed by atoms with E-state index < -0.39 is 0 Å². The van der Waals surface area contributed by atoms with Crippen LogP contribution in [0.2, 0.25) is 0 Å². The topological polar surface area (TPSA) is 21.3 Å². The summed E-state index contributed by atoms with van der Waals surface area (Å²) in [5.74, 6) is 2.71. The van der Waals surface area contributed by atoms with Crippen molar-refractivity contribution in [2.45, 2.75) is 45.6 Å². The maximum atomic E-state index is 5.79. The highest BCUT2D eigenvalue weighted by atomic mass is 16.5. The van der Waals surface area contributed by atoms with E-state index in [1.807, 2.05) is 6.92 Å². The lowest BCUT2D eigenvalue weighted by Crippen LogP contribution is -2.24. The summed E-state index contributed by atoms with van der Waals surface area (Å²) >= 11 is 0. The third kappa shape index (κ3) is 3.30. The van der Waals surface area contributed by atoms with Crippen LogP contribution < -0.4 is 10.1 Å². The lowest BCUT2D eigenvalue weighted by molar-refractivity contribution is 0.316. The molecule has 0 amide bonds. The van der Waals surface area contributed by atoms with E-state index in [2.05, 4.69) is 43.6 Å². The molecule has 0 heterocycles. The average molecular weight is 261 g/mol. The predicted molar refractivity (Wildman–Crippen MR) is 80.5 cm³/mol. The Balaban J connectivity index is 2.17. The standard InChI is InChI=1S/C17H27NO/c1-4-13-10-11-14(12-13)17(18-3)15-8-6-7-9-16(15)19-5-2/h6-9,13-14,17-18H,4-5,10-12H2,1-3H3. The average Bonchev–Trinajstić information content (AvgIpc) is 2.91. The van der Waals surface area contributed by atoms with Crippen LogP contribution in [0.4, 0.5) is 0 Å². The Labute approximate surface area is 117 Å². The second-order valence-electron chi connectivity index (χ2n) is 5.58. The van der Waals surface area contributed by atoms with Gasteiger partial charge in [0.15, 0.2) is 0 Å². The van der Waals surface area contributed by atoms with Gasteiger partial charge in [-0.1, -0.05) is 38.0 Å². The molecule has 3 unspecified atom stereocenters. The van der Waals surface area contributed by atoms with Gasteiger partial charge in [0.1, 0.15) is 5.75 Å². The number of hydrogen-bond donors (Lipinski definition) is 1. The molecule has 2 rings (SSSR count). The number of hydrogen-bond acceptors (Lipinski definition) is 2. The number of nitrogens with one attached hydrogen (secondary N) is 1. The van der Waals surface area contributed by atoms with Crippen LogP contribution in [0.25, 0.3) is 0 Å². The fourth-order valence-corrected chi connectivity index (χ4v) is 3.46. The van der Waals surface area contributed by atoms with Crippen LogP contribution in [0.3, 0.4) is 0 Å². The molecule has 106 valence electrons.